The Morgan fingerprint density at radius 1 is 1.06 bits per heavy atom. The molecule has 0 bridgehead atoms. The Kier molecular flexibility index (Phi) is 6.19. The Labute approximate surface area is 193 Å². The molecule has 0 saturated heterocycles. The van der Waals surface area contributed by atoms with Gasteiger partial charge in [0.1, 0.15) is 6.10 Å². The van der Waals surface area contributed by atoms with Crippen LogP contribution in [0.25, 0.3) is 11.1 Å². The number of rotatable bonds is 5. The molecule has 0 unspecified atom stereocenters. The summed E-state index contributed by atoms with van der Waals surface area (Å²) in [5.41, 5.74) is 2.67. The molecular weight excluding hydrogens is 428 g/mol. The summed E-state index contributed by atoms with van der Waals surface area (Å²) in [5.74, 6) is 1.70. The number of hydrogen-bond acceptors (Lipinski definition) is 8. The van der Waals surface area contributed by atoms with Crippen molar-refractivity contribution >= 4 is 5.97 Å². The molecule has 0 spiro atoms. The van der Waals surface area contributed by atoms with E-state index in [2.05, 4.69) is 13.8 Å². The van der Waals surface area contributed by atoms with Crippen LogP contribution in [0.5, 0.6) is 34.5 Å². The molecule has 0 radical (unpaired) electrons. The van der Waals surface area contributed by atoms with Crippen molar-refractivity contribution in [2.75, 3.05) is 28.1 Å². The first-order chi connectivity index (χ1) is 15.9. The quantitative estimate of drug-likeness (QED) is 0.648. The van der Waals surface area contributed by atoms with E-state index in [0.717, 1.165) is 5.56 Å². The van der Waals surface area contributed by atoms with E-state index in [9.17, 15) is 9.90 Å². The van der Waals surface area contributed by atoms with Crippen LogP contribution in [0.3, 0.4) is 0 Å². The Morgan fingerprint density at radius 3 is 2.42 bits per heavy atom. The first-order valence-corrected chi connectivity index (χ1v) is 11.0. The zero-order chi connectivity index (χ0) is 23.9. The zero-order valence-electron chi connectivity index (χ0n) is 19.8. The number of carbonyl (C=O) groups is 1. The van der Waals surface area contributed by atoms with Gasteiger partial charge in [-0.2, -0.15) is 0 Å². The van der Waals surface area contributed by atoms with Crippen molar-refractivity contribution in [1.29, 1.82) is 0 Å². The lowest BCUT2D eigenvalue weighted by atomic mass is 9.76. The van der Waals surface area contributed by atoms with E-state index in [-0.39, 0.29) is 42.5 Å². The topological polar surface area (TPSA) is 92.7 Å². The lowest BCUT2D eigenvalue weighted by Gasteiger charge is -2.34. The smallest absolute Gasteiger partial charge is 0.306 e. The maximum atomic E-state index is 12.4. The highest BCUT2D eigenvalue weighted by atomic mass is 16.7. The fraction of sp³-hybridized carbons (Fsp3) is 0.480. The van der Waals surface area contributed by atoms with E-state index >= 15 is 0 Å². The maximum absolute atomic E-state index is 12.4. The number of ether oxygens (including phenoxy) is 6. The molecule has 0 amide bonds. The monoisotopic (exact) mass is 458 g/mol. The van der Waals surface area contributed by atoms with Gasteiger partial charge < -0.3 is 33.5 Å². The van der Waals surface area contributed by atoms with Gasteiger partial charge in [-0.25, -0.2) is 0 Å². The normalized spacial score (nSPS) is 20.7. The Balaban J connectivity index is 2.12. The molecule has 0 fully saturated rings. The molecule has 33 heavy (non-hydrogen) atoms. The maximum Gasteiger partial charge on any atom is 0.306 e. The molecule has 1 aliphatic heterocycles. The summed E-state index contributed by atoms with van der Waals surface area (Å²) in [6, 6.07) is 3.70. The molecule has 3 atom stereocenters. The number of carbonyl (C=O) groups excluding carboxylic acids is 1. The fourth-order valence-corrected chi connectivity index (χ4v) is 4.69. The van der Waals surface area contributed by atoms with Crippen molar-refractivity contribution in [1.82, 2.24) is 0 Å². The van der Waals surface area contributed by atoms with Gasteiger partial charge in [-0.15, -0.1) is 0 Å². The summed E-state index contributed by atoms with van der Waals surface area (Å²) >= 11 is 0. The largest absolute Gasteiger partial charge is 0.504 e. The predicted octanol–water partition coefficient (Wildman–Crippen LogP) is 4.64. The van der Waals surface area contributed by atoms with Crippen LogP contribution in [0.4, 0.5) is 0 Å². The number of hydrogen-bond donors (Lipinski definition) is 1. The molecule has 2 aromatic rings. The summed E-state index contributed by atoms with van der Waals surface area (Å²) in [4.78, 5) is 12.4. The summed E-state index contributed by atoms with van der Waals surface area (Å²) in [5, 5.41) is 11.4. The summed E-state index contributed by atoms with van der Waals surface area (Å²) in [6.07, 6.45) is 0.287. The van der Waals surface area contributed by atoms with Gasteiger partial charge >= 0.3 is 5.97 Å². The molecule has 8 nitrogen and oxygen atoms in total. The average molecular weight is 459 g/mol. The third-order valence-electron chi connectivity index (χ3n) is 6.60. The van der Waals surface area contributed by atoms with Crippen molar-refractivity contribution in [2.45, 2.75) is 39.7 Å². The van der Waals surface area contributed by atoms with Gasteiger partial charge in [0, 0.05) is 29.0 Å². The summed E-state index contributed by atoms with van der Waals surface area (Å²) < 4.78 is 34.1. The minimum Gasteiger partial charge on any atom is -0.504 e. The van der Waals surface area contributed by atoms with Crippen LogP contribution in [0.2, 0.25) is 0 Å². The molecular formula is C25H30O8. The number of benzene rings is 2. The first-order valence-electron chi connectivity index (χ1n) is 11.0. The van der Waals surface area contributed by atoms with Crippen LogP contribution in [0, 0.1) is 11.8 Å². The average Bonchev–Trinajstić information content (AvgIpc) is 3.28. The molecule has 4 rings (SSSR count). The highest BCUT2D eigenvalue weighted by molar-refractivity contribution is 5.88. The third kappa shape index (κ3) is 3.67. The van der Waals surface area contributed by atoms with Crippen molar-refractivity contribution in [3.8, 4) is 45.6 Å². The number of aromatic hydroxyl groups is 1. The summed E-state index contributed by atoms with van der Waals surface area (Å²) in [7, 11) is 4.54. The zero-order valence-corrected chi connectivity index (χ0v) is 19.8. The molecule has 8 heteroatoms. The molecule has 1 aliphatic carbocycles. The highest BCUT2D eigenvalue weighted by Gasteiger charge is 2.39. The van der Waals surface area contributed by atoms with Crippen LogP contribution in [0.1, 0.15) is 44.4 Å². The number of phenols is 1. The van der Waals surface area contributed by atoms with Gasteiger partial charge in [0.15, 0.2) is 23.0 Å². The van der Waals surface area contributed by atoms with E-state index in [1.165, 1.54) is 21.3 Å². The minimum absolute atomic E-state index is 0.0345. The predicted molar refractivity (Wildman–Crippen MR) is 120 cm³/mol. The molecule has 2 aromatic carbocycles. The van der Waals surface area contributed by atoms with Crippen LogP contribution in [-0.2, 0) is 16.0 Å². The van der Waals surface area contributed by atoms with Crippen molar-refractivity contribution in [3.63, 3.8) is 0 Å². The Bertz CT molecular complexity index is 1080. The van der Waals surface area contributed by atoms with Crippen LogP contribution >= 0.6 is 0 Å². The number of esters is 1. The van der Waals surface area contributed by atoms with Crippen LogP contribution in [-0.4, -0.2) is 39.2 Å². The Morgan fingerprint density at radius 2 is 1.79 bits per heavy atom. The van der Waals surface area contributed by atoms with Crippen LogP contribution in [0.15, 0.2) is 12.1 Å². The van der Waals surface area contributed by atoms with E-state index < -0.39 is 6.10 Å². The molecule has 2 aliphatic rings. The number of phenolic OH excluding ortho intramolecular Hbond substituents is 1. The second kappa shape index (κ2) is 8.92. The van der Waals surface area contributed by atoms with Crippen molar-refractivity contribution in [3.05, 3.63) is 23.3 Å². The lowest BCUT2D eigenvalue weighted by molar-refractivity contribution is -0.152. The van der Waals surface area contributed by atoms with Gasteiger partial charge in [0.25, 0.3) is 0 Å². The molecule has 0 aromatic heterocycles. The van der Waals surface area contributed by atoms with Gasteiger partial charge in [-0.05, 0) is 30.0 Å². The SMILES string of the molecule is CCC(=O)O[C@H]1c2cc3c(c(OC)c2-c2c(cc(OC)c(OC)c2O)C[C@@H](C)[C@H]1C)OCO3. The molecule has 0 saturated carbocycles. The van der Waals surface area contributed by atoms with Gasteiger partial charge in [-0.1, -0.05) is 20.8 Å². The van der Waals surface area contributed by atoms with Crippen molar-refractivity contribution in [2.24, 2.45) is 11.8 Å². The van der Waals surface area contributed by atoms with Gasteiger partial charge in [-0.3, -0.25) is 4.79 Å². The van der Waals surface area contributed by atoms with E-state index in [0.29, 0.717) is 46.1 Å². The standard InChI is InChI=1S/C25H30O8/c1-7-18(26)33-22-13(3)12(2)8-14-9-16(28-4)23(29-5)21(27)19(14)20-15(22)10-17-24(25(20)30-6)32-11-31-17/h9-10,12-13,22,27H,7-8,11H2,1-6H3/t12-,13-,22-/m1/s1. The van der Waals surface area contributed by atoms with E-state index in [4.69, 9.17) is 28.4 Å². The number of methoxy groups -OCH3 is 3. The van der Waals surface area contributed by atoms with Gasteiger partial charge in [0.05, 0.1) is 21.3 Å². The second-order valence-corrected chi connectivity index (χ2v) is 8.41. The molecule has 178 valence electrons. The third-order valence-corrected chi connectivity index (χ3v) is 6.60. The summed E-state index contributed by atoms with van der Waals surface area (Å²) in [6.45, 7) is 5.97. The molecule has 1 N–H and O–H groups in total. The second-order valence-electron chi connectivity index (χ2n) is 8.41. The van der Waals surface area contributed by atoms with Gasteiger partial charge in [0.2, 0.25) is 18.3 Å². The first kappa shape index (κ1) is 22.9. The van der Waals surface area contributed by atoms with E-state index in [1.54, 1.807) is 6.92 Å². The highest BCUT2D eigenvalue weighted by Crippen LogP contribution is 2.58. The Hall–Kier alpha value is -3.29. The number of fused-ring (bicyclic) bond motifs is 4. The van der Waals surface area contributed by atoms with Crippen LogP contribution < -0.4 is 23.7 Å². The minimum atomic E-state index is -0.577. The lowest BCUT2D eigenvalue weighted by Crippen LogP contribution is -2.26. The molecule has 1 heterocycles. The van der Waals surface area contributed by atoms with E-state index in [1.807, 2.05) is 12.1 Å². The fourth-order valence-electron chi connectivity index (χ4n) is 4.69. The van der Waals surface area contributed by atoms with Crippen molar-refractivity contribution < 1.29 is 38.3 Å².